The lowest BCUT2D eigenvalue weighted by Gasteiger charge is -2.66. The van der Waals surface area contributed by atoms with Gasteiger partial charge >= 0.3 is 17.6 Å². The average molecular weight is 699 g/mol. The molecule has 11 heteroatoms. The molecule has 46 heavy (non-hydrogen) atoms. The molecule has 0 radical (unpaired) electrons. The van der Waals surface area contributed by atoms with Gasteiger partial charge in [-0.05, 0) is 89.7 Å². The van der Waals surface area contributed by atoms with E-state index in [1.807, 2.05) is 0 Å². The van der Waals surface area contributed by atoms with Gasteiger partial charge in [0.25, 0.3) is 0 Å². The monoisotopic (exact) mass is 697 g/mol. The number of benzene rings is 1. The number of esters is 2. The number of carbonyl (C=O) groups is 2. The van der Waals surface area contributed by atoms with Crippen LogP contribution in [0.2, 0.25) is 0 Å². The zero-order chi connectivity index (χ0) is 33.2. The Labute approximate surface area is 274 Å². The number of carbonyl (C=O) groups excluding carboxylic acids is 2. The average Bonchev–Trinajstić information content (AvgIpc) is 3.00. The van der Waals surface area contributed by atoms with Gasteiger partial charge in [-0.1, -0.05) is 20.8 Å². The number of ether oxygens (including phenoxy) is 3. The van der Waals surface area contributed by atoms with Crippen LogP contribution in [0, 0.1) is 34.4 Å². The Morgan fingerprint density at radius 1 is 1.20 bits per heavy atom. The van der Waals surface area contributed by atoms with E-state index in [-0.39, 0.29) is 45.6 Å². The molecule has 3 aliphatic rings. The lowest BCUT2D eigenvalue weighted by Crippen LogP contribution is -2.70. The smallest absolute Gasteiger partial charge is 0.345 e. The molecule has 3 unspecified atom stereocenters. The SMILES string of the molecule is CC(=O)OC[C@@]1(C)C2C[C@H](OC(=O)c3ccc(Br)c(F)c3)[C@@]3(C)Oc4cc(-c5cccnc5)oc(=O)c4C(O)C3[C@@]2(C)CC[C@@H]1C. The van der Waals surface area contributed by atoms with Crippen LogP contribution in [0.15, 0.2) is 62.5 Å². The Kier molecular flexibility index (Phi) is 8.16. The van der Waals surface area contributed by atoms with Crippen LogP contribution in [0.1, 0.15) is 75.9 Å². The molecule has 2 fully saturated rings. The minimum absolute atomic E-state index is 0.00245. The van der Waals surface area contributed by atoms with Crippen molar-refractivity contribution in [3.8, 4) is 17.1 Å². The van der Waals surface area contributed by atoms with Crippen LogP contribution in [0.3, 0.4) is 0 Å². The maximum atomic E-state index is 14.5. The Morgan fingerprint density at radius 3 is 2.63 bits per heavy atom. The number of pyridine rings is 1. The molecule has 6 rings (SSSR count). The summed E-state index contributed by atoms with van der Waals surface area (Å²) in [4.78, 5) is 43.3. The zero-order valence-electron chi connectivity index (χ0n) is 26.3. The largest absolute Gasteiger partial charge is 0.482 e. The summed E-state index contributed by atoms with van der Waals surface area (Å²) < 4.78 is 39.0. The van der Waals surface area contributed by atoms with E-state index in [0.29, 0.717) is 18.4 Å². The van der Waals surface area contributed by atoms with Crippen LogP contribution in [-0.2, 0) is 14.3 Å². The van der Waals surface area contributed by atoms with Gasteiger partial charge in [-0.25, -0.2) is 14.0 Å². The van der Waals surface area contributed by atoms with Gasteiger partial charge in [0, 0.05) is 42.3 Å². The molecule has 3 heterocycles. The highest BCUT2D eigenvalue weighted by atomic mass is 79.9. The number of halogens is 2. The van der Waals surface area contributed by atoms with E-state index in [0.717, 1.165) is 12.5 Å². The standard InChI is InChI=1S/C35H37BrFNO8/c1-18-10-11-33(3)26(34(18,4)17-43-19(2)39)15-27(45-31(41)20-8-9-22(36)23(37)13-20)35(5)30(33)29(40)28-25(46-35)14-24(44-32(28)42)21-7-6-12-38-16-21/h6-9,12-14,16,18,26-27,29-30,40H,10-11,15,17H2,1-5H3/t18-,26?,27-,29?,30?,33-,34+,35+/m0/s1. The number of hydrogen-bond acceptors (Lipinski definition) is 9. The van der Waals surface area contributed by atoms with Crippen LogP contribution >= 0.6 is 15.9 Å². The minimum atomic E-state index is -1.33. The molecule has 2 aromatic heterocycles. The second-order valence-electron chi connectivity index (χ2n) is 13.7. The van der Waals surface area contributed by atoms with Crippen molar-refractivity contribution in [1.29, 1.82) is 0 Å². The van der Waals surface area contributed by atoms with E-state index in [1.54, 1.807) is 37.5 Å². The number of aliphatic hydroxyl groups excluding tert-OH is 1. The lowest BCUT2D eigenvalue weighted by atomic mass is 9.41. The van der Waals surface area contributed by atoms with Gasteiger partial charge in [0.05, 0.1) is 22.7 Å². The first-order valence-electron chi connectivity index (χ1n) is 15.4. The van der Waals surface area contributed by atoms with Crippen LogP contribution in [0.25, 0.3) is 11.3 Å². The summed E-state index contributed by atoms with van der Waals surface area (Å²) in [6, 6.07) is 9.01. The van der Waals surface area contributed by atoms with Crippen LogP contribution in [0.4, 0.5) is 4.39 Å². The summed E-state index contributed by atoms with van der Waals surface area (Å²) in [6.07, 6.45) is 2.65. The molecule has 0 bridgehead atoms. The van der Waals surface area contributed by atoms with Crippen LogP contribution in [0.5, 0.6) is 5.75 Å². The summed E-state index contributed by atoms with van der Waals surface area (Å²) >= 11 is 3.12. The Hall–Kier alpha value is -3.57. The van der Waals surface area contributed by atoms with Crippen LogP contribution < -0.4 is 10.4 Å². The number of rotatable bonds is 5. The first-order valence-corrected chi connectivity index (χ1v) is 16.2. The van der Waals surface area contributed by atoms with Gasteiger partial charge in [-0.2, -0.15) is 0 Å². The zero-order valence-corrected chi connectivity index (χ0v) is 27.9. The third-order valence-electron chi connectivity index (χ3n) is 11.1. The molecule has 1 aromatic carbocycles. The Morgan fingerprint density at radius 2 is 1.96 bits per heavy atom. The minimum Gasteiger partial charge on any atom is -0.482 e. The number of aliphatic hydroxyl groups is 1. The van der Waals surface area contributed by atoms with Gasteiger partial charge < -0.3 is 23.7 Å². The second-order valence-corrected chi connectivity index (χ2v) is 14.5. The predicted octanol–water partition coefficient (Wildman–Crippen LogP) is 6.66. The highest BCUT2D eigenvalue weighted by molar-refractivity contribution is 9.10. The first-order chi connectivity index (χ1) is 21.7. The summed E-state index contributed by atoms with van der Waals surface area (Å²) in [5.41, 5.74) is -2.70. The molecule has 1 aliphatic heterocycles. The first kappa shape index (κ1) is 32.4. The fraction of sp³-hybridized carbons (Fsp3) is 0.486. The van der Waals surface area contributed by atoms with Crippen molar-refractivity contribution < 1.29 is 37.7 Å². The molecule has 0 saturated heterocycles. The van der Waals surface area contributed by atoms with E-state index in [2.05, 4.69) is 41.7 Å². The fourth-order valence-electron chi connectivity index (χ4n) is 8.52. The quantitative estimate of drug-likeness (QED) is 0.292. The van der Waals surface area contributed by atoms with Crippen molar-refractivity contribution >= 4 is 27.9 Å². The van der Waals surface area contributed by atoms with Gasteiger partial charge in [0.2, 0.25) is 0 Å². The summed E-state index contributed by atoms with van der Waals surface area (Å²) in [5, 5.41) is 12.2. The molecule has 1 N–H and O–H groups in total. The molecular weight excluding hydrogens is 661 g/mol. The van der Waals surface area contributed by atoms with E-state index >= 15 is 0 Å². The van der Waals surface area contributed by atoms with Gasteiger partial charge in [-0.3, -0.25) is 9.78 Å². The second kappa shape index (κ2) is 11.6. The lowest BCUT2D eigenvalue weighted by molar-refractivity contribution is -0.257. The maximum Gasteiger partial charge on any atom is 0.345 e. The van der Waals surface area contributed by atoms with Crippen molar-refractivity contribution in [2.75, 3.05) is 6.61 Å². The Balaban J connectivity index is 1.49. The highest BCUT2D eigenvalue weighted by Gasteiger charge is 2.70. The van der Waals surface area contributed by atoms with Gasteiger partial charge in [0.1, 0.15) is 34.6 Å². The molecular formula is C35H37BrFNO8. The Bertz CT molecular complexity index is 1750. The van der Waals surface area contributed by atoms with Crippen molar-refractivity contribution in [2.45, 2.75) is 71.7 Å². The third kappa shape index (κ3) is 5.15. The molecule has 3 aromatic rings. The maximum absolute atomic E-state index is 14.5. The molecule has 8 atom stereocenters. The van der Waals surface area contributed by atoms with Crippen LogP contribution in [-0.4, -0.2) is 40.3 Å². The number of nitrogens with zero attached hydrogens (tertiary/aromatic N) is 1. The molecule has 0 spiro atoms. The number of hydrogen-bond donors (Lipinski definition) is 1. The number of fused-ring (bicyclic) bond motifs is 4. The molecule has 244 valence electrons. The molecule has 2 saturated carbocycles. The third-order valence-corrected chi connectivity index (χ3v) is 11.7. The summed E-state index contributed by atoms with van der Waals surface area (Å²) in [7, 11) is 0. The normalized spacial score (nSPS) is 33.1. The van der Waals surface area contributed by atoms with E-state index in [4.69, 9.17) is 18.6 Å². The van der Waals surface area contributed by atoms with Crippen molar-refractivity contribution in [3.63, 3.8) is 0 Å². The summed E-state index contributed by atoms with van der Waals surface area (Å²) in [6.45, 7) is 9.54. The highest BCUT2D eigenvalue weighted by Crippen LogP contribution is 2.68. The van der Waals surface area contributed by atoms with E-state index in [9.17, 15) is 23.9 Å². The number of aromatic nitrogens is 1. The van der Waals surface area contributed by atoms with Crippen molar-refractivity contribution in [3.05, 3.63) is 80.6 Å². The topological polar surface area (TPSA) is 125 Å². The van der Waals surface area contributed by atoms with Crippen molar-refractivity contribution in [2.24, 2.45) is 28.6 Å². The van der Waals surface area contributed by atoms with Gasteiger partial charge in [-0.15, -0.1) is 0 Å². The predicted molar refractivity (Wildman–Crippen MR) is 168 cm³/mol. The molecule has 0 amide bonds. The van der Waals surface area contributed by atoms with E-state index in [1.165, 1.54) is 19.1 Å². The molecule has 2 aliphatic carbocycles. The van der Waals surface area contributed by atoms with Gasteiger partial charge in [0.15, 0.2) is 0 Å². The fourth-order valence-corrected chi connectivity index (χ4v) is 8.76. The van der Waals surface area contributed by atoms with Crippen molar-refractivity contribution in [1.82, 2.24) is 4.98 Å². The summed E-state index contributed by atoms with van der Waals surface area (Å²) in [5.74, 6) is -2.28. The van der Waals surface area contributed by atoms with E-state index < -0.39 is 57.9 Å². The molecule has 9 nitrogen and oxygen atoms in total.